The molecule has 24 heavy (non-hydrogen) atoms. The Morgan fingerprint density at radius 1 is 1.12 bits per heavy atom. The van der Waals surface area contributed by atoms with E-state index in [0.29, 0.717) is 5.56 Å². The molecule has 7 heteroatoms. The predicted octanol–water partition coefficient (Wildman–Crippen LogP) is 3.06. The third-order valence-electron chi connectivity index (χ3n) is 3.13. The summed E-state index contributed by atoms with van der Waals surface area (Å²) in [6.45, 7) is 0.297. The molecule has 0 saturated carbocycles. The van der Waals surface area contributed by atoms with Crippen molar-refractivity contribution in [3.63, 3.8) is 0 Å². The number of rotatable bonds is 7. The molecule has 0 radical (unpaired) electrons. The summed E-state index contributed by atoms with van der Waals surface area (Å²) < 4.78 is 51.0. The highest BCUT2D eigenvalue weighted by molar-refractivity contribution is 5.94. The number of methoxy groups -OCH3 is 1. The van der Waals surface area contributed by atoms with Gasteiger partial charge in [0.1, 0.15) is 35.4 Å². The number of hydrogen-bond acceptors (Lipinski definition) is 3. The third kappa shape index (κ3) is 4.73. The van der Waals surface area contributed by atoms with Crippen LogP contribution in [0.4, 0.5) is 13.2 Å². The molecule has 2 rings (SSSR count). The number of carbonyl (C=O) groups is 1. The van der Waals surface area contributed by atoms with Crippen molar-refractivity contribution in [2.45, 2.75) is 6.61 Å². The zero-order valence-corrected chi connectivity index (χ0v) is 12.9. The highest BCUT2D eigenvalue weighted by Crippen LogP contribution is 2.22. The van der Waals surface area contributed by atoms with Gasteiger partial charge in [-0.3, -0.25) is 4.79 Å². The van der Waals surface area contributed by atoms with Gasteiger partial charge in [0.15, 0.2) is 0 Å². The second kappa shape index (κ2) is 8.35. The molecule has 0 aliphatic rings. The summed E-state index contributed by atoms with van der Waals surface area (Å²) in [6, 6.07) is 7.47. The van der Waals surface area contributed by atoms with Crippen LogP contribution in [-0.2, 0) is 11.3 Å². The summed E-state index contributed by atoms with van der Waals surface area (Å²) in [4.78, 5) is 11.8. The lowest BCUT2D eigenvalue weighted by atomic mass is 10.1. The van der Waals surface area contributed by atoms with E-state index in [1.54, 1.807) is 6.07 Å². The topological polar surface area (TPSA) is 47.6 Å². The summed E-state index contributed by atoms with van der Waals surface area (Å²) in [6.07, 6.45) is 0. The van der Waals surface area contributed by atoms with E-state index in [9.17, 15) is 18.0 Å². The molecule has 0 fully saturated rings. The lowest BCUT2D eigenvalue weighted by Crippen LogP contribution is -2.28. The minimum Gasteiger partial charge on any atom is -0.489 e. The van der Waals surface area contributed by atoms with Crippen molar-refractivity contribution >= 4 is 5.91 Å². The smallest absolute Gasteiger partial charge is 0.257 e. The van der Waals surface area contributed by atoms with E-state index in [1.165, 1.54) is 25.3 Å². The van der Waals surface area contributed by atoms with Gasteiger partial charge in [-0.2, -0.15) is 0 Å². The Bertz CT molecular complexity index is 699. The Balaban J connectivity index is 2.07. The van der Waals surface area contributed by atoms with Crippen LogP contribution in [0.25, 0.3) is 0 Å². The van der Waals surface area contributed by atoms with Gasteiger partial charge < -0.3 is 14.8 Å². The Kier molecular flexibility index (Phi) is 6.20. The summed E-state index contributed by atoms with van der Waals surface area (Å²) in [7, 11) is 1.44. The number of halogens is 3. The SMILES string of the molecule is COCCNC(=O)c1c(F)cc(OCc2cccc(F)c2)cc1F. The molecule has 1 N–H and O–H groups in total. The number of benzene rings is 2. The zero-order valence-electron chi connectivity index (χ0n) is 12.9. The molecule has 2 aromatic rings. The van der Waals surface area contributed by atoms with Crippen molar-refractivity contribution in [3.05, 3.63) is 65.0 Å². The van der Waals surface area contributed by atoms with Gasteiger partial charge in [-0.1, -0.05) is 12.1 Å². The minimum atomic E-state index is -1.04. The highest BCUT2D eigenvalue weighted by atomic mass is 19.1. The maximum atomic E-state index is 14.0. The lowest BCUT2D eigenvalue weighted by molar-refractivity contribution is 0.0928. The maximum absolute atomic E-state index is 14.0. The first-order valence-electron chi connectivity index (χ1n) is 7.14. The van der Waals surface area contributed by atoms with Crippen LogP contribution in [0.1, 0.15) is 15.9 Å². The zero-order chi connectivity index (χ0) is 17.5. The van der Waals surface area contributed by atoms with E-state index in [1.807, 2.05) is 0 Å². The molecule has 128 valence electrons. The van der Waals surface area contributed by atoms with Crippen molar-refractivity contribution in [2.75, 3.05) is 20.3 Å². The molecule has 0 heterocycles. The van der Waals surface area contributed by atoms with Gasteiger partial charge in [0, 0.05) is 25.8 Å². The molecular weight excluding hydrogens is 323 g/mol. The number of ether oxygens (including phenoxy) is 2. The second-order valence-corrected chi connectivity index (χ2v) is 4.93. The molecule has 0 spiro atoms. The largest absolute Gasteiger partial charge is 0.489 e. The maximum Gasteiger partial charge on any atom is 0.257 e. The minimum absolute atomic E-state index is 0.0595. The quantitative estimate of drug-likeness (QED) is 0.789. The average molecular weight is 339 g/mol. The van der Waals surface area contributed by atoms with E-state index >= 15 is 0 Å². The van der Waals surface area contributed by atoms with Gasteiger partial charge in [-0.15, -0.1) is 0 Å². The third-order valence-corrected chi connectivity index (χ3v) is 3.13. The molecule has 1 amide bonds. The van der Waals surface area contributed by atoms with Crippen LogP contribution in [0.15, 0.2) is 36.4 Å². The molecular formula is C17H16F3NO3. The molecule has 0 aliphatic carbocycles. The molecule has 0 saturated heterocycles. The normalized spacial score (nSPS) is 10.5. The standard InChI is InChI=1S/C17H16F3NO3/c1-23-6-5-21-17(22)16-14(19)8-13(9-15(16)20)24-10-11-3-2-4-12(18)7-11/h2-4,7-9H,5-6,10H2,1H3,(H,21,22). The summed E-state index contributed by atoms with van der Waals surface area (Å²) in [5.41, 5.74) is -0.179. The summed E-state index contributed by atoms with van der Waals surface area (Å²) in [5, 5.41) is 2.34. The Labute approximate surface area is 137 Å². The molecule has 0 atom stereocenters. The molecule has 0 unspecified atom stereocenters. The van der Waals surface area contributed by atoms with E-state index in [-0.39, 0.29) is 25.5 Å². The first-order valence-corrected chi connectivity index (χ1v) is 7.14. The van der Waals surface area contributed by atoms with Crippen molar-refractivity contribution in [2.24, 2.45) is 0 Å². The van der Waals surface area contributed by atoms with Crippen molar-refractivity contribution < 1.29 is 27.4 Å². The van der Waals surface area contributed by atoms with E-state index in [2.05, 4.69) is 5.32 Å². The number of nitrogens with one attached hydrogen (secondary N) is 1. The predicted molar refractivity (Wildman–Crippen MR) is 81.3 cm³/mol. The van der Waals surface area contributed by atoms with Crippen LogP contribution in [0.5, 0.6) is 5.75 Å². The van der Waals surface area contributed by atoms with Crippen LogP contribution in [0, 0.1) is 17.5 Å². The fraction of sp³-hybridized carbons (Fsp3) is 0.235. The molecule has 4 nitrogen and oxygen atoms in total. The van der Waals surface area contributed by atoms with E-state index in [4.69, 9.17) is 9.47 Å². The Morgan fingerprint density at radius 2 is 1.83 bits per heavy atom. The first-order chi connectivity index (χ1) is 11.5. The molecule has 0 aromatic heterocycles. The van der Waals surface area contributed by atoms with Gasteiger partial charge in [-0.05, 0) is 17.7 Å². The Hall–Kier alpha value is -2.54. The van der Waals surface area contributed by atoms with Crippen LogP contribution >= 0.6 is 0 Å². The fourth-order valence-corrected chi connectivity index (χ4v) is 2.00. The number of hydrogen-bond donors (Lipinski definition) is 1. The number of carbonyl (C=O) groups excluding carboxylic acids is 1. The lowest BCUT2D eigenvalue weighted by Gasteiger charge is -2.10. The van der Waals surface area contributed by atoms with Crippen molar-refractivity contribution in [1.82, 2.24) is 5.32 Å². The van der Waals surface area contributed by atoms with Crippen LogP contribution in [0.2, 0.25) is 0 Å². The average Bonchev–Trinajstić information content (AvgIpc) is 2.53. The second-order valence-electron chi connectivity index (χ2n) is 4.93. The van der Waals surface area contributed by atoms with Crippen LogP contribution in [-0.4, -0.2) is 26.2 Å². The van der Waals surface area contributed by atoms with Gasteiger partial charge >= 0.3 is 0 Å². The van der Waals surface area contributed by atoms with Crippen LogP contribution in [0.3, 0.4) is 0 Å². The molecule has 2 aromatic carbocycles. The van der Waals surface area contributed by atoms with E-state index < -0.39 is 28.9 Å². The van der Waals surface area contributed by atoms with Gasteiger partial charge in [0.05, 0.1) is 6.61 Å². The van der Waals surface area contributed by atoms with Crippen molar-refractivity contribution in [3.8, 4) is 5.75 Å². The highest BCUT2D eigenvalue weighted by Gasteiger charge is 2.19. The van der Waals surface area contributed by atoms with Gasteiger partial charge in [0.25, 0.3) is 5.91 Å². The first kappa shape index (κ1) is 17.8. The van der Waals surface area contributed by atoms with Crippen molar-refractivity contribution in [1.29, 1.82) is 0 Å². The Morgan fingerprint density at radius 3 is 2.46 bits per heavy atom. The fourth-order valence-electron chi connectivity index (χ4n) is 2.00. The molecule has 0 bridgehead atoms. The van der Waals surface area contributed by atoms with E-state index in [0.717, 1.165) is 12.1 Å². The van der Waals surface area contributed by atoms with Crippen LogP contribution < -0.4 is 10.1 Å². The summed E-state index contributed by atoms with van der Waals surface area (Å²) in [5.74, 6) is -3.49. The monoisotopic (exact) mass is 339 g/mol. The number of amides is 1. The summed E-state index contributed by atoms with van der Waals surface area (Å²) >= 11 is 0. The van der Waals surface area contributed by atoms with Gasteiger partial charge in [0.2, 0.25) is 0 Å². The van der Waals surface area contributed by atoms with Gasteiger partial charge in [-0.25, -0.2) is 13.2 Å². The molecule has 0 aliphatic heterocycles.